The van der Waals surface area contributed by atoms with Crippen LogP contribution < -0.4 is 11.1 Å². The molecule has 0 saturated carbocycles. The zero-order chi connectivity index (χ0) is 19.5. The molecular formula is C21H21N5O2. The van der Waals surface area contributed by atoms with Gasteiger partial charge in [0.1, 0.15) is 5.82 Å². The molecule has 0 amide bonds. The first kappa shape index (κ1) is 18.1. The number of hydrogen-bond donors (Lipinski definition) is 1. The zero-order valence-corrected chi connectivity index (χ0v) is 15.6. The fourth-order valence-electron chi connectivity index (χ4n) is 3.29. The third-order valence-electron chi connectivity index (χ3n) is 4.87. The van der Waals surface area contributed by atoms with Crippen LogP contribution in [0, 0.1) is 0 Å². The van der Waals surface area contributed by atoms with Gasteiger partial charge in [-0.25, -0.2) is 9.97 Å². The van der Waals surface area contributed by atoms with E-state index in [2.05, 4.69) is 19.9 Å². The Kier molecular flexibility index (Phi) is 4.99. The maximum atomic E-state index is 12.6. The van der Waals surface area contributed by atoms with Crippen molar-refractivity contribution in [2.45, 2.75) is 20.0 Å². The number of nitrogens with one attached hydrogen (secondary N) is 1. The molecule has 2 aromatic heterocycles. The van der Waals surface area contributed by atoms with Gasteiger partial charge in [-0.1, -0.05) is 31.2 Å². The SMILES string of the molecule is CCN(CCn1cnc2ccccc2c1=O)Cc1nc2ccccc2c(=O)[nH]1. The smallest absolute Gasteiger partial charge is 0.261 e. The van der Waals surface area contributed by atoms with Crippen molar-refractivity contribution in [3.63, 3.8) is 0 Å². The molecule has 0 radical (unpaired) electrons. The van der Waals surface area contributed by atoms with Crippen LogP contribution in [-0.4, -0.2) is 37.5 Å². The number of para-hydroxylation sites is 2. The Bertz CT molecular complexity index is 1240. The fraction of sp³-hybridized carbons (Fsp3) is 0.238. The summed E-state index contributed by atoms with van der Waals surface area (Å²) in [6, 6.07) is 14.6. The minimum absolute atomic E-state index is 0.0427. The van der Waals surface area contributed by atoms with Crippen molar-refractivity contribution in [2.24, 2.45) is 0 Å². The summed E-state index contributed by atoms with van der Waals surface area (Å²) in [4.78, 5) is 38.8. The average Bonchev–Trinajstić information content (AvgIpc) is 2.72. The highest BCUT2D eigenvalue weighted by atomic mass is 16.1. The van der Waals surface area contributed by atoms with Gasteiger partial charge in [0.2, 0.25) is 0 Å². The summed E-state index contributed by atoms with van der Waals surface area (Å²) < 4.78 is 1.63. The van der Waals surface area contributed by atoms with Crippen LogP contribution in [0.4, 0.5) is 0 Å². The van der Waals surface area contributed by atoms with Gasteiger partial charge < -0.3 is 4.98 Å². The number of aromatic nitrogens is 4. The van der Waals surface area contributed by atoms with Crippen molar-refractivity contribution in [1.82, 2.24) is 24.4 Å². The van der Waals surface area contributed by atoms with Gasteiger partial charge in [-0.3, -0.25) is 19.1 Å². The van der Waals surface area contributed by atoms with Crippen molar-refractivity contribution >= 4 is 21.8 Å². The number of hydrogen-bond acceptors (Lipinski definition) is 5. The number of rotatable bonds is 6. The molecule has 0 aliphatic carbocycles. The van der Waals surface area contributed by atoms with Crippen LogP contribution in [0.5, 0.6) is 0 Å². The third-order valence-corrected chi connectivity index (χ3v) is 4.87. The Hall–Kier alpha value is -3.32. The first-order chi connectivity index (χ1) is 13.7. The molecule has 142 valence electrons. The lowest BCUT2D eigenvalue weighted by Crippen LogP contribution is -2.32. The molecule has 0 aliphatic heterocycles. The molecule has 7 heteroatoms. The Morgan fingerprint density at radius 1 is 1.00 bits per heavy atom. The molecule has 0 aliphatic rings. The Labute approximate surface area is 161 Å². The standard InChI is InChI=1S/C21H21N5O2/c1-2-25(13-19-23-18-10-6-3-7-15(18)20(27)24-19)11-12-26-14-22-17-9-5-4-8-16(17)21(26)28/h3-10,14H,2,11-13H2,1H3,(H,23,24,27). The molecule has 0 saturated heterocycles. The second kappa shape index (κ2) is 7.74. The highest BCUT2D eigenvalue weighted by Crippen LogP contribution is 2.08. The van der Waals surface area contributed by atoms with Crippen LogP contribution in [0.25, 0.3) is 21.8 Å². The second-order valence-electron chi connectivity index (χ2n) is 6.66. The van der Waals surface area contributed by atoms with Crippen LogP contribution >= 0.6 is 0 Å². The maximum absolute atomic E-state index is 12.6. The first-order valence-corrected chi connectivity index (χ1v) is 9.30. The van der Waals surface area contributed by atoms with Crippen LogP contribution in [0.3, 0.4) is 0 Å². The van der Waals surface area contributed by atoms with E-state index in [0.717, 1.165) is 6.54 Å². The van der Waals surface area contributed by atoms with Crippen molar-refractivity contribution < 1.29 is 0 Å². The van der Waals surface area contributed by atoms with Gasteiger partial charge in [-0.15, -0.1) is 0 Å². The van der Waals surface area contributed by atoms with Gasteiger partial charge in [0.15, 0.2) is 0 Å². The summed E-state index contributed by atoms with van der Waals surface area (Å²) in [6.07, 6.45) is 1.59. The Morgan fingerprint density at radius 2 is 1.71 bits per heavy atom. The van der Waals surface area contributed by atoms with Crippen molar-refractivity contribution in [1.29, 1.82) is 0 Å². The topological polar surface area (TPSA) is 83.9 Å². The molecule has 0 atom stereocenters. The summed E-state index contributed by atoms with van der Waals surface area (Å²) in [7, 11) is 0. The lowest BCUT2D eigenvalue weighted by Gasteiger charge is -2.20. The normalized spacial score (nSPS) is 11.5. The number of H-pyrrole nitrogens is 1. The fourth-order valence-corrected chi connectivity index (χ4v) is 3.29. The molecule has 7 nitrogen and oxygen atoms in total. The molecular weight excluding hydrogens is 354 g/mol. The van der Waals surface area contributed by atoms with Crippen LogP contribution in [-0.2, 0) is 13.1 Å². The van der Waals surface area contributed by atoms with Crippen LogP contribution in [0.15, 0.2) is 64.4 Å². The molecule has 0 bridgehead atoms. The van der Waals surface area contributed by atoms with E-state index in [4.69, 9.17) is 0 Å². The second-order valence-corrected chi connectivity index (χ2v) is 6.66. The van der Waals surface area contributed by atoms with Gasteiger partial charge in [-0.2, -0.15) is 0 Å². The van der Waals surface area contributed by atoms with E-state index >= 15 is 0 Å². The monoisotopic (exact) mass is 375 g/mol. The minimum atomic E-state index is -0.133. The van der Waals surface area contributed by atoms with E-state index in [1.54, 1.807) is 23.0 Å². The summed E-state index contributed by atoms with van der Waals surface area (Å²) in [5.74, 6) is 0.620. The van der Waals surface area contributed by atoms with Crippen molar-refractivity contribution in [3.8, 4) is 0 Å². The number of nitrogens with zero attached hydrogens (tertiary/aromatic N) is 4. The maximum Gasteiger partial charge on any atom is 0.261 e. The van der Waals surface area contributed by atoms with E-state index in [0.29, 0.717) is 47.3 Å². The van der Waals surface area contributed by atoms with Gasteiger partial charge >= 0.3 is 0 Å². The van der Waals surface area contributed by atoms with Crippen LogP contribution in [0.1, 0.15) is 12.7 Å². The molecule has 28 heavy (non-hydrogen) atoms. The van der Waals surface area contributed by atoms with E-state index < -0.39 is 0 Å². The van der Waals surface area contributed by atoms with Gasteiger partial charge in [0.05, 0.1) is 34.7 Å². The highest BCUT2D eigenvalue weighted by molar-refractivity contribution is 5.77. The molecule has 1 N–H and O–H groups in total. The van der Waals surface area contributed by atoms with E-state index in [1.807, 2.05) is 43.3 Å². The van der Waals surface area contributed by atoms with Crippen LogP contribution in [0.2, 0.25) is 0 Å². The summed E-state index contributed by atoms with van der Waals surface area (Å²) in [6.45, 7) is 4.48. The van der Waals surface area contributed by atoms with Gasteiger partial charge in [0.25, 0.3) is 11.1 Å². The summed E-state index contributed by atoms with van der Waals surface area (Å²) in [5.41, 5.74) is 1.21. The zero-order valence-electron chi connectivity index (χ0n) is 15.6. The summed E-state index contributed by atoms with van der Waals surface area (Å²) in [5, 5.41) is 1.21. The molecule has 0 spiro atoms. The van der Waals surface area contributed by atoms with Gasteiger partial charge in [-0.05, 0) is 30.8 Å². The highest BCUT2D eigenvalue weighted by Gasteiger charge is 2.10. The van der Waals surface area contributed by atoms with Gasteiger partial charge in [0, 0.05) is 13.1 Å². The predicted octanol–water partition coefficient (Wildman–Crippen LogP) is 2.16. The largest absolute Gasteiger partial charge is 0.309 e. The van der Waals surface area contributed by atoms with E-state index in [-0.39, 0.29) is 11.1 Å². The molecule has 0 fully saturated rings. The molecule has 2 aromatic carbocycles. The number of fused-ring (bicyclic) bond motifs is 2. The molecule has 4 rings (SSSR count). The molecule has 2 heterocycles. The Balaban J connectivity index is 1.52. The summed E-state index contributed by atoms with van der Waals surface area (Å²) >= 11 is 0. The minimum Gasteiger partial charge on any atom is -0.309 e. The lowest BCUT2D eigenvalue weighted by atomic mass is 10.2. The first-order valence-electron chi connectivity index (χ1n) is 9.30. The third kappa shape index (κ3) is 3.57. The number of aromatic amines is 1. The number of likely N-dealkylation sites (N-methyl/N-ethyl adjacent to an activating group) is 1. The van der Waals surface area contributed by atoms with E-state index in [9.17, 15) is 9.59 Å². The molecule has 4 aromatic rings. The average molecular weight is 375 g/mol. The lowest BCUT2D eigenvalue weighted by molar-refractivity contribution is 0.260. The molecule has 0 unspecified atom stereocenters. The number of benzene rings is 2. The van der Waals surface area contributed by atoms with Crippen molar-refractivity contribution in [3.05, 3.63) is 81.4 Å². The Morgan fingerprint density at radius 3 is 2.50 bits per heavy atom. The predicted molar refractivity (Wildman–Crippen MR) is 109 cm³/mol. The quantitative estimate of drug-likeness (QED) is 0.558. The van der Waals surface area contributed by atoms with Crippen molar-refractivity contribution in [2.75, 3.05) is 13.1 Å². The van der Waals surface area contributed by atoms with E-state index in [1.165, 1.54) is 0 Å².